The number of carbonyl (C=O) groups excluding carboxylic acids is 1. The smallest absolute Gasteiger partial charge is 0.259 e. The summed E-state index contributed by atoms with van der Waals surface area (Å²) in [6, 6.07) is 3.59. The van der Waals surface area contributed by atoms with Crippen LogP contribution in [0.25, 0.3) is 11.0 Å². The van der Waals surface area contributed by atoms with E-state index < -0.39 is 11.7 Å². The van der Waals surface area contributed by atoms with Crippen LogP contribution in [0.2, 0.25) is 0 Å². The number of phenolic OH excluding ortho intramolecular Hbond substituents is 1. The standard InChI is InChI=1S/C20H22FN5O3/c1-2-26-19-14(11-23-26)18(24-13-5-7-29-8-6-13)15(10-22-19)20(28)25-16-4-3-12(21)9-17(16)27/h3-4,9-11,13,27H,2,5-8H2,1H3,(H,22,24)(H,25,28). The molecule has 0 bridgehead atoms. The van der Waals surface area contributed by atoms with Crippen molar-refractivity contribution < 1.29 is 19.0 Å². The van der Waals surface area contributed by atoms with Crippen LogP contribution in [0, 0.1) is 5.82 Å². The number of aromatic nitrogens is 3. The van der Waals surface area contributed by atoms with Crippen LogP contribution in [0.4, 0.5) is 15.8 Å². The van der Waals surface area contributed by atoms with Gasteiger partial charge in [0, 0.05) is 38.1 Å². The number of amides is 1. The monoisotopic (exact) mass is 399 g/mol. The summed E-state index contributed by atoms with van der Waals surface area (Å²) in [5.41, 5.74) is 1.77. The van der Waals surface area contributed by atoms with Gasteiger partial charge in [-0.05, 0) is 31.9 Å². The summed E-state index contributed by atoms with van der Waals surface area (Å²) in [6.45, 7) is 3.94. The molecule has 3 N–H and O–H groups in total. The molecule has 8 nitrogen and oxygen atoms in total. The minimum atomic E-state index is -0.586. The molecule has 0 saturated carbocycles. The van der Waals surface area contributed by atoms with E-state index in [0.717, 1.165) is 24.3 Å². The van der Waals surface area contributed by atoms with Crippen molar-refractivity contribution in [1.29, 1.82) is 0 Å². The van der Waals surface area contributed by atoms with E-state index in [1.807, 2.05) is 6.92 Å². The summed E-state index contributed by atoms with van der Waals surface area (Å²) >= 11 is 0. The lowest BCUT2D eigenvalue weighted by Crippen LogP contribution is -2.29. The van der Waals surface area contributed by atoms with Crippen LogP contribution >= 0.6 is 0 Å². The van der Waals surface area contributed by atoms with Gasteiger partial charge in [0.2, 0.25) is 0 Å². The highest BCUT2D eigenvalue weighted by Crippen LogP contribution is 2.30. The highest BCUT2D eigenvalue weighted by atomic mass is 19.1. The Kier molecular flexibility index (Phi) is 5.30. The molecule has 1 aromatic carbocycles. The third-order valence-electron chi connectivity index (χ3n) is 4.99. The minimum Gasteiger partial charge on any atom is -0.506 e. The molecule has 1 aliphatic heterocycles. The molecule has 1 aliphatic rings. The SMILES string of the molecule is CCn1ncc2c(NC3CCOCC3)c(C(=O)Nc3ccc(F)cc3O)cnc21. The van der Waals surface area contributed by atoms with Crippen LogP contribution in [0.1, 0.15) is 30.1 Å². The molecule has 1 amide bonds. The predicted octanol–water partition coefficient (Wildman–Crippen LogP) is 3.14. The Bertz CT molecular complexity index is 1050. The van der Waals surface area contributed by atoms with E-state index in [9.17, 15) is 14.3 Å². The van der Waals surface area contributed by atoms with E-state index in [1.165, 1.54) is 18.3 Å². The van der Waals surface area contributed by atoms with Gasteiger partial charge in [-0.3, -0.25) is 4.79 Å². The van der Waals surface area contributed by atoms with Gasteiger partial charge >= 0.3 is 0 Å². The van der Waals surface area contributed by atoms with E-state index >= 15 is 0 Å². The van der Waals surface area contributed by atoms with Gasteiger partial charge in [0.1, 0.15) is 11.6 Å². The summed E-state index contributed by atoms with van der Waals surface area (Å²) in [5, 5.41) is 21.1. The number of fused-ring (bicyclic) bond motifs is 1. The summed E-state index contributed by atoms with van der Waals surface area (Å²) in [5.74, 6) is -1.39. The number of nitrogens with one attached hydrogen (secondary N) is 2. The van der Waals surface area contributed by atoms with Crippen molar-refractivity contribution in [2.45, 2.75) is 32.4 Å². The topological polar surface area (TPSA) is 101 Å². The number of carbonyl (C=O) groups is 1. The molecule has 0 atom stereocenters. The van der Waals surface area contributed by atoms with Crippen molar-refractivity contribution in [3.63, 3.8) is 0 Å². The fourth-order valence-corrected chi connectivity index (χ4v) is 3.43. The van der Waals surface area contributed by atoms with Gasteiger partial charge in [-0.2, -0.15) is 5.10 Å². The fourth-order valence-electron chi connectivity index (χ4n) is 3.43. The van der Waals surface area contributed by atoms with Crippen LogP contribution in [-0.4, -0.2) is 45.0 Å². The zero-order chi connectivity index (χ0) is 20.4. The Labute approximate surface area is 166 Å². The second kappa shape index (κ2) is 8.04. The maximum Gasteiger partial charge on any atom is 0.259 e. The first kappa shape index (κ1) is 19.1. The molecule has 152 valence electrons. The Hall–Kier alpha value is -3.20. The lowest BCUT2D eigenvalue weighted by atomic mass is 10.1. The van der Waals surface area contributed by atoms with Crippen molar-refractivity contribution >= 4 is 28.3 Å². The number of aromatic hydroxyl groups is 1. The molecule has 1 fully saturated rings. The number of aryl methyl sites for hydroxylation is 1. The zero-order valence-corrected chi connectivity index (χ0v) is 16.0. The Morgan fingerprint density at radius 3 is 2.86 bits per heavy atom. The summed E-state index contributed by atoms with van der Waals surface area (Å²) in [7, 11) is 0. The first-order chi connectivity index (χ1) is 14.1. The van der Waals surface area contributed by atoms with Gasteiger partial charge in [0.25, 0.3) is 5.91 Å². The van der Waals surface area contributed by atoms with Gasteiger partial charge in [0.15, 0.2) is 5.65 Å². The molecule has 4 rings (SSSR count). The number of phenols is 1. The second-order valence-electron chi connectivity index (χ2n) is 6.89. The van der Waals surface area contributed by atoms with Crippen molar-refractivity contribution in [3.8, 4) is 5.75 Å². The van der Waals surface area contributed by atoms with Gasteiger partial charge < -0.3 is 20.5 Å². The summed E-state index contributed by atoms with van der Waals surface area (Å²) < 4.78 is 20.4. The number of benzene rings is 1. The zero-order valence-electron chi connectivity index (χ0n) is 16.0. The minimum absolute atomic E-state index is 0.123. The molecule has 29 heavy (non-hydrogen) atoms. The molecule has 3 heterocycles. The van der Waals surface area contributed by atoms with Gasteiger partial charge in [0.05, 0.1) is 28.5 Å². The molecular formula is C20H22FN5O3. The highest BCUT2D eigenvalue weighted by molar-refractivity contribution is 6.12. The molecule has 2 aromatic heterocycles. The number of nitrogens with zero attached hydrogens (tertiary/aromatic N) is 3. The lowest BCUT2D eigenvalue weighted by Gasteiger charge is -2.25. The van der Waals surface area contributed by atoms with Crippen LogP contribution in [0.15, 0.2) is 30.6 Å². The molecule has 0 unspecified atom stereocenters. The van der Waals surface area contributed by atoms with Crippen molar-refractivity contribution in [2.24, 2.45) is 0 Å². The molecule has 3 aromatic rings. The first-order valence-electron chi connectivity index (χ1n) is 9.55. The van der Waals surface area contributed by atoms with E-state index in [2.05, 4.69) is 20.7 Å². The molecule has 1 saturated heterocycles. The van der Waals surface area contributed by atoms with Crippen molar-refractivity contribution in [2.75, 3.05) is 23.8 Å². The van der Waals surface area contributed by atoms with Crippen LogP contribution in [0.3, 0.4) is 0 Å². The van der Waals surface area contributed by atoms with E-state index in [4.69, 9.17) is 4.74 Å². The van der Waals surface area contributed by atoms with E-state index in [1.54, 1.807) is 10.9 Å². The molecule has 9 heteroatoms. The van der Waals surface area contributed by atoms with Gasteiger partial charge in [-0.15, -0.1) is 0 Å². The summed E-state index contributed by atoms with van der Waals surface area (Å²) in [4.78, 5) is 17.4. The number of ether oxygens (including phenoxy) is 1. The number of pyridine rings is 1. The number of hydrogen-bond acceptors (Lipinski definition) is 6. The molecule has 0 aliphatic carbocycles. The number of anilines is 2. The van der Waals surface area contributed by atoms with E-state index in [0.29, 0.717) is 36.7 Å². The van der Waals surface area contributed by atoms with Crippen molar-refractivity contribution in [3.05, 3.63) is 42.0 Å². The largest absolute Gasteiger partial charge is 0.506 e. The lowest BCUT2D eigenvalue weighted by molar-refractivity contribution is 0.0904. The number of hydrogen-bond donors (Lipinski definition) is 3. The van der Waals surface area contributed by atoms with Gasteiger partial charge in [-0.25, -0.2) is 14.1 Å². The third kappa shape index (κ3) is 3.86. The third-order valence-corrected chi connectivity index (χ3v) is 4.99. The second-order valence-corrected chi connectivity index (χ2v) is 6.89. The molecular weight excluding hydrogens is 377 g/mol. The van der Waals surface area contributed by atoms with Crippen LogP contribution in [0.5, 0.6) is 5.75 Å². The van der Waals surface area contributed by atoms with Crippen LogP contribution in [-0.2, 0) is 11.3 Å². The van der Waals surface area contributed by atoms with E-state index in [-0.39, 0.29) is 17.5 Å². The predicted molar refractivity (Wildman–Crippen MR) is 107 cm³/mol. The first-order valence-corrected chi connectivity index (χ1v) is 9.55. The Morgan fingerprint density at radius 2 is 2.14 bits per heavy atom. The normalized spacial score (nSPS) is 14.8. The van der Waals surface area contributed by atoms with Crippen LogP contribution < -0.4 is 10.6 Å². The molecule has 0 radical (unpaired) electrons. The number of rotatable bonds is 5. The maximum absolute atomic E-state index is 13.2. The summed E-state index contributed by atoms with van der Waals surface area (Å²) in [6.07, 6.45) is 4.84. The number of halogens is 1. The maximum atomic E-state index is 13.2. The highest BCUT2D eigenvalue weighted by Gasteiger charge is 2.22. The van der Waals surface area contributed by atoms with Crippen molar-refractivity contribution in [1.82, 2.24) is 14.8 Å². The quantitative estimate of drug-likeness (QED) is 0.570. The fraction of sp³-hybridized carbons (Fsp3) is 0.350. The van der Waals surface area contributed by atoms with Gasteiger partial charge in [-0.1, -0.05) is 0 Å². The Balaban J connectivity index is 1.71. The Morgan fingerprint density at radius 1 is 1.34 bits per heavy atom. The molecule has 0 spiro atoms. The average molecular weight is 399 g/mol. The average Bonchev–Trinajstić information content (AvgIpc) is 3.14.